The molecule has 0 radical (unpaired) electrons. The van der Waals surface area contributed by atoms with Crippen molar-refractivity contribution in [3.63, 3.8) is 0 Å². The number of likely N-dealkylation sites (tertiary alicyclic amines) is 1. The van der Waals surface area contributed by atoms with Crippen LogP contribution in [0.3, 0.4) is 0 Å². The number of nitrogens with zero attached hydrogens (tertiary/aromatic N) is 1. The van der Waals surface area contributed by atoms with Crippen molar-refractivity contribution in [2.45, 2.75) is 31.6 Å². The fraction of sp³-hybridized carbons (Fsp3) is 0.611. The van der Waals surface area contributed by atoms with E-state index in [1.54, 1.807) is 0 Å². The van der Waals surface area contributed by atoms with Crippen molar-refractivity contribution in [3.05, 3.63) is 30.3 Å². The zero-order valence-corrected chi connectivity index (χ0v) is 15.0. The highest BCUT2D eigenvalue weighted by Gasteiger charge is 2.21. The van der Waals surface area contributed by atoms with E-state index in [4.69, 9.17) is 0 Å². The first kappa shape index (κ1) is 18.1. The molecule has 2 atom stereocenters. The number of amides is 1. The van der Waals surface area contributed by atoms with Crippen molar-refractivity contribution < 1.29 is 9.00 Å². The monoisotopic (exact) mass is 336 g/mol. The van der Waals surface area contributed by atoms with E-state index in [-0.39, 0.29) is 11.8 Å². The molecule has 0 bridgehead atoms. The molecule has 0 spiro atoms. The average Bonchev–Trinajstić information content (AvgIpc) is 2.58. The third-order valence-electron chi connectivity index (χ3n) is 4.29. The van der Waals surface area contributed by atoms with Crippen molar-refractivity contribution in [1.29, 1.82) is 0 Å². The Morgan fingerprint density at radius 2 is 2.09 bits per heavy atom. The maximum atomic E-state index is 12.3. The van der Waals surface area contributed by atoms with E-state index in [2.05, 4.69) is 10.2 Å². The molecule has 0 aliphatic carbocycles. The van der Waals surface area contributed by atoms with Crippen LogP contribution in [0, 0.1) is 11.8 Å². The molecule has 1 aromatic carbocycles. The molecule has 4 nitrogen and oxygen atoms in total. The Bertz CT molecular complexity index is 519. The van der Waals surface area contributed by atoms with E-state index in [1.165, 1.54) is 0 Å². The number of rotatable bonds is 7. The van der Waals surface area contributed by atoms with Gasteiger partial charge in [0.05, 0.1) is 10.8 Å². The maximum Gasteiger partial charge on any atom is 0.222 e. The van der Waals surface area contributed by atoms with Crippen LogP contribution in [0.2, 0.25) is 0 Å². The molecule has 0 unspecified atom stereocenters. The lowest BCUT2D eigenvalue weighted by Gasteiger charge is -2.32. The predicted octanol–water partition coefficient (Wildman–Crippen LogP) is 2.28. The van der Waals surface area contributed by atoms with Gasteiger partial charge < -0.3 is 10.2 Å². The first-order valence-corrected chi connectivity index (χ1v) is 9.81. The molecule has 0 aromatic heterocycles. The second-order valence-corrected chi connectivity index (χ2v) is 8.14. The van der Waals surface area contributed by atoms with Crippen molar-refractivity contribution >= 4 is 16.7 Å². The van der Waals surface area contributed by atoms with Crippen LogP contribution in [0.1, 0.15) is 26.7 Å². The van der Waals surface area contributed by atoms with E-state index in [0.29, 0.717) is 11.7 Å². The topological polar surface area (TPSA) is 49.4 Å². The van der Waals surface area contributed by atoms with Gasteiger partial charge in [-0.2, -0.15) is 0 Å². The molecule has 128 valence electrons. The third-order valence-corrected chi connectivity index (χ3v) is 5.64. The number of nitrogens with one attached hydrogen (secondary N) is 1. The molecule has 1 aromatic rings. The third kappa shape index (κ3) is 6.07. The molecule has 23 heavy (non-hydrogen) atoms. The number of hydrogen-bond acceptors (Lipinski definition) is 3. The molecule has 0 saturated carbocycles. The molecule has 1 fully saturated rings. The quantitative estimate of drug-likeness (QED) is 0.831. The van der Waals surface area contributed by atoms with Gasteiger partial charge in [-0.25, -0.2) is 0 Å². The highest BCUT2D eigenvalue weighted by atomic mass is 32.2. The second-order valence-electron chi connectivity index (χ2n) is 6.57. The summed E-state index contributed by atoms with van der Waals surface area (Å²) in [5, 5.41) is 3.04. The van der Waals surface area contributed by atoms with Crippen molar-refractivity contribution in [2.75, 3.05) is 31.9 Å². The van der Waals surface area contributed by atoms with Gasteiger partial charge in [0.15, 0.2) is 0 Å². The largest absolute Gasteiger partial charge is 0.356 e. The van der Waals surface area contributed by atoms with E-state index < -0.39 is 10.8 Å². The number of carbonyl (C=O) groups is 1. The Hall–Kier alpha value is -1.20. The van der Waals surface area contributed by atoms with Crippen LogP contribution in [0.15, 0.2) is 35.2 Å². The van der Waals surface area contributed by atoms with Crippen LogP contribution in [0.5, 0.6) is 0 Å². The van der Waals surface area contributed by atoms with E-state index in [0.717, 1.165) is 43.9 Å². The van der Waals surface area contributed by atoms with E-state index in [1.807, 2.05) is 44.2 Å². The molecule has 1 amide bonds. The smallest absolute Gasteiger partial charge is 0.222 e. The van der Waals surface area contributed by atoms with Gasteiger partial charge in [-0.3, -0.25) is 9.00 Å². The second kappa shape index (κ2) is 9.18. The SMILES string of the molecule is CC(C)C(=O)NC[C@@H]1CCCN(CC[S@@](=O)c2ccccc2)C1. The minimum atomic E-state index is -0.925. The van der Waals surface area contributed by atoms with Gasteiger partial charge in [0.25, 0.3) is 0 Å². The molecule has 1 saturated heterocycles. The fourth-order valence-electron chi connectivity index (χ4n) is 2.87. The van der Waals surface area contributed by atoms with Crippen LogP contribution < -0.4 is 5.32 Å². The summed E-state index contributed by atoms with van der Waals surface area (Å²) in [6.45, 7) is 7.51. The molecule has 2 rings (SSSR count). The highest BCUT2D eigenvalue weighted by molar-refractivity contribution is 7.85. The Morgan fingerprint density at radius 1 is 1.35 bits per heavy atom. The lowest BCUT2D eigenvalue weighted by molar-refractivity contribution is -0.124. The Balaban J connectivity index is 1.73. The number of hydrogen-bond donors (Lipinski definition) is 1. The summed E-state index contributed by atoms with van der Waals surface area (Å²) in [6.07, 6.45) is 2.32. The molecular formula is C18H28N2O2S. The Morgan fingerprint density at radius 3 is 2.78 bits per heavy atom. The fourth-order valence-corrected chi connectivity index (χ4v) is 3.99. The first-order chi connectivity index (χ1) is 11.1. The minimum absolute atomic E-state index is 0.0444. The van der Waals surface area contributed by atoms with Gasteiger partial charge in [-0.05, 0) is 37.4 Å². The number of benzene rings is 1. The normalized spacial score (nSPS) is 20.4. The molecule has 1 aliphatic rings. The first-order valence-electron chi connectivity index (χ1n) is 8.49. The predicted molar refractivity (Wildman–Crippen MR) is 94.7 cm³/mol. The van der Waals surface area contributed by atoms with Crippen LogP contribution in [-0.4, -0.2) is 46.9 Å². The Kier molecular flexibility index (Phi) is 7.24. The Labute approximate surface area is 142 Å². The summed E-state index contributed by atoms with van der Waals surface area (Å²) >= 11 is 0. The summed E-state index contributed by atoms with van der Waals surface area (Å²) in [4.78, 5) is 15.0. The van der Waals surface area contributed by atoms with Crippen LogP contribution >= 0.6 is 0 Å². The molecule has 1 heterocycles. The van der Waals surface area contributed by atoms with Gasteiger partial charge in [0.1, 0.15) is 0 Å². The van der Waals surface area contributed by atoms with E-state index >= 15 is 0 Å². The standard InChI is InChI=1S/C18H28N2O2S/c1-15(2)18(21)19-13-16-7-6-10-20(14-16)11-12-23(22)17-8-4-3-5-9-17/h3-5,8-9,15-16H,6-7,10-14H2,1-2H3,(H,19,21)/t16-,23+/m0/s1. The molecular weight excluding hydrogens is 308 g/mol. The van der Waals surface area contributed by atoms with Gasteiger partial charge >= 0.3 is 0 Å². The van der Waals surface area contributed by atoms with Crippen molar-refractivity contribution in [3.8, 4) is 0 Å². The van der Waals surface area contributed by atoms with Gasteiger partial charge in [-0.1, -0.05) is 32.0 Å². The average molecular weight is 337 g/mol. The van der Waals surface area contributed by atoms with Crippen LogP contribution in [0.4, 0.5) is 0 Å². The number of piperidine rings is 1. The summed E-state index contributed by atoms with van der Waals surface area (Å²) in [6, 6.07) is 9.66. The van der Waals surface area contributed by atoms with E-state index in [9.17, 15) is 9.00 Å². The van der Waals surface area contributed by atoms with Crippen LogP contribution in [0.25, 0.3) is 0 Å². The maximum absolute atomic E-state index is 12.3. The molecule has 1 aliphatic heterocycles. The van der Waals surface area contributed by atoms with Gasteiger partial charge in [-0.15, -0.1) is 0 Å². The highest BCUT2D eigenvalue weighted by Crippen LogP contribution is 2.16. The van der Waals surface area contributed by atoms with Gasteiger partial charge in [0, 0.05) is 36.2 Å². The lowest BCUT2D eigenvalue weighted by Crippen LogP contribution is -2.42. The summed E-state index contributed by atoms with van der Waals surface area (Å²) in [5.74, 6) is 1.36. The summed E-state index contributed by atoms with van der Waals surface area (Å²) in [5.41, 5.74) is 0. The summed E-state index contributed by atoms with van der Waals surface area (Å²) in [7, 11) is -0.925. The van der Waals surface area contributed by atoms with Crippen molar-refractivity contribution in [2.24, 2.45) is 11.8 Å². The molecule has 1 N–H and O–H groups in total. The number of carbonyl (C=O) groups excluding carboxylic acids is 1. The lowest BCUT2D eigenvalue weighted by atomic mass is 9.98. The van der Waals surface area contributed by atoms with Gasteiger partial charge in [0.2, 0.25) is 5.91 Å². The zero-order valence-electron chi connectivity index (χ0n) is 14.2. The molecule has 5 heteroatoms. The van der Waals surface area contributed by atoms with Crippen molar-refractivity contribution in [1.82, 2.24) is 10.2 Å². The minimum Gasteiger partial charge on any atom is -0.356 e. The summed E-state index contributed by atoms with van der Waals surface area (Å²) < 4.78 is 12.3. The van der Waals surface area contributed by atoms with Crippen LogP contribution in [-0.2, 0) is 15.6 Å². The zero-order chi connectivity index (χ0) is 16.7.